The highest BCUT2D eigenvalue weighted by Gasteiger charge is 2.38. The summed E-state index contributed by atoms with van der Waals surface area (Å²) in [6.07, 6.45) is 6.54. The summed E-state index contributed by atoms with van der Waals surface area (Å²) < 4.78 is 1.56. The number of benzene rings is 1. The van der Waals surface area contributed by atoms with E-state index in [1.165, 1.54) is 11.1 Å². The minimum Gasteiger partial charge on any atom is -0.475 e. The molecule has 0 amide bonds. The molecule has 2 aliphatic rings. The summed E-state index contributed by atoms with van der Waals surface area (Å²) in [6.45, 7) is 1.68. The number of carboxylic acid groups (broad SMARTS) is 1. The Hall–Kier alpha value is -2.63. The molecule has 0 bridgehead atoms. The SMILES string of the molecule is Cn1nc(C(=O)O)nc1N1CCC2(C=Cc3ccccc32)CC1. The van der Waals surface area contributed by atoms with Gasteiger partial charge >= 0.3 is 5.97 Å². The van der Waals surface area contributed by atoms with Crippen LogP contribution in [0.2, 0.25) is 0 Å². The van der Waals surface area contributed by atoms with Gasteiger partial charge in [0.1, 0.15) is 0 Å². The Bertz CT molecular complexity index is 801. The van der Waals surface area contributed by atoms with Gasteiger partial charge in [0.15, 0.2) is 0 Å². The number of rotatable bonds is 2. The van der Waals surface area contributed by atoms with Crippen LogP contribution in [-0.4, -0.2) is 38.9 Å². The summed E-state index contributed by atoms with van der Waals surface area (Å²) in [6, 6.07) is 8.55. The number of allylic oxidation sites excluding steroid dienone is 1. The molecule has 0 saturated carbocycles. The molecule has 1 aliphatic heterocycles. The third-order valence-electron chi connectivity index (χ3n) is 4.95. The van der Waals surface area contributed by atoms with Gasteiger partial charge in [0.2, 0.25) is 5.95 Å². The molecule has 1 fully saturated rings. The molecule has 1 N–H and O–H groups in total. The fourth-order valence-electron chi connectivity index (χ4n) is 3.72. The van der Waals surface area contributed by atoms with Crippen molar-refractivity contribution in [3.05, 3.63) is 47.3 Å². The van der Waals surface area contributed by atoms with Crippen LogP contribution in [0.25, 0.3) is 6.08 Å². The van der Waals surface area contributed by atoms with Crippen molar-refractivity contribution in [2.45, 2.75) is 18.3 Å². The molecule has 6 nitrogen and oxygen atoms in total. The van der Waals surface area contributed by atoms with Gasteiger partial charge in [-0.2, -0.15) is 4.98 Å². The van der Waals surface area contributed by atoms with Gasteiger partial charge in [-0.3, -0.25) is 0 Å². The standard InChI is InChI=1S/C17H18N4O2/c1-20-16(18-14(19-20)15(22)23)21-10-8-17(9-11-21)7-6-12-4-2-3-5-13(12)17/h2-7H,8-11H2,1H3,(H,22,23). The first-order valence-corrected chi connectivity index (χ1v) is 7.77. The van der Waals surface area contributed by atoms with Crippen molar-refractivity contribution < 1.29 is 9.90 Å². The molecule has 118 valence electrons. The van der Waals surface area contributed by atoms with E-state index >= 15 is 0 Å². The normalized spacial score (nSPS) is 18.4. The number of nitrogens with zero attached hydrogens (tertiary/aromatic N) is 4. The molecule has 1 spiro atoms. The molecule has 1 saturated heterocycles. The van der Waals surface area contributed by atoms with Crippen LogP contribution in [-0.2, 0) is 12.5 Å². The number of hydrogen-bond acceptors (Lipinski definition) is 4. The second kappa shape index (κ2) is 4.94. The Labute approximate surface area is 134 Å². The number of aromatic nitrogens is 3. The number of piperidine rings is 1. The Balaban J connectivity index is 1.57. The molecular weight excluding hydrogens is 292 g/mol. The van der Waals surface area contributed by atoms with Crippen LogP contribution in [0.4, 0.5) is 5.95 Å². The summed E-state index contributed by atoms with van der Waals surface area (Å²) >= 11 is 0. The van der Waals surface area contributed by atoms with Crippen LogP contribution in [0, 0.1) is 0 Å². The minimum absolute atomic E-state index is 0.112. The van der Waals surface area contributed by atoms with Crippen LogP contribution in [0.5, 0.6) is 0 Å². The average molecular weight is 310 g/mol. The highest BCUT2D eigenvalue weighted by atomic mass is 16.4. The number of fused-ring (bicyclic) bond motifs is 2. The predicted molar refractivity (Wildman–Crippen MR) is 86.6 cm³/mol. The van der Waals surface area contributed by atoms with Crippen LogP contribution < -0.4 is 4.90 Å². The molecule has 1 aliphatic carbocycles. The van der Waals surface area contributed by atoms with Crippen molar-refractivity contribution in [3.63, 3.8) is 0 Å². The summed E-state index contributed by atoms with van der Waals surface area (Å²) in [4.78, 5) is 17.3. The summed E-state index contributed by atoms with van der Waals surface area (Å²) in [5, 5.41) is 13.0. The first-order chi connectivity index (χ1) is 11.1. The van der Waals surface area contributed by atoms with E-state index in [1.807, 2.05) is 0 Å². The maximum Gasteiger partial charge on any atom is 0.375 e. The van der Waals surface area contributed by atoms with Gasteiger partial charge in [-0.1, -0.05) is 36.4 Å². The lowest BCUT2D eigenvalue weighted by molar-refractivity contribution is 0.0683. The number of aromatic carboxylic acids is 1. The summed E-state index contributed by atoms with van der Waals surface area (Å²) in [7, 11) is 1.74. The molecule has 2 heterocycles. The number of carbonyl (C=O) groups is 1. The highest BCUT2D eigenvalue weighted by Crippen LogP contribution is 2.43. The van der Waals surface area contributed by atoms with Gasteiger partial charge in [0.25, 0.3) is 5.82 Å². The maximum atomic E-state index is 11.0. The highest BCUT2D eigenvalue weighted by molar-refractivity contribution is 5.83. The molecule has 23 heavy (non-hydrogen) atoms. The Kier molecular flexibility index (Phi) is 3.01. The van der Waals surface area contributed by atoms with E-state index < -0.39 is 5.97 Å². The van der Waals surface area contributed by atoms with Gasteiger partial charge in [0, 0.05) is 25.6 Å². The Morgan fingerprint density at radius 1 is 1.26 bits per heavy atom. The second-order valence-electron chi connectivity index (χ2n) is 6.23. The topological polar surface area (TPSA) is 71.2 Å². The molecule has 0 radical (unpaired) electrons. The fourth-order valence-corrected chi connectivity index (χ4v) is 3.72. The first-order valence-electron chi connectivity index (χ1n) is 7.77. The van der Waals surface area contributed by atoms with Crippen molar-refractivity contribution in [1.82, 2.24) is 14.8 Å². The lowest BCUT2D eigenvalue weighted by Gasteiger charge is -2.39. The average Bonchev–Trinajstić information content (AvgIpc) is 3.11. The van der Waals surface area contributed by atoms with Gasteiger partial charge in [-0.05, 0) is 24.0 Å². The molecular formula is C17H18N4O2. The third-order valence-corrected chi connectivity index (χ3v) is 4.95. The van der Waals surface area contributed by atoms with Crippen molar-refractivity contribution >= 4 is 18.0 Å². The lowest BCUT2D eigenvalue weighted by atomic mass is 9.74. The smallest absolute Gasteiger partial charge is 0.375 e. The molecule has 2 aromatic rings. The van der Waals surface area contributed by atoms with Gasteiger partial charge in [0.05, 0.1) is 0 Å². The quantitative estimate of drug-likeness (QED) is 0.919. The zero-order valence-electron chi connectivity index (χ0n) is 12.9. The largest absolute Gasteiger partial charge is 0.475 e. The predicted octanol–water partition coefficient (Wildman–Crippen LogP) is 2.08. The molecule has 0 atom stereocenters. The third kappa shape index (κ3) is 2.13. The van der Waals surface area contributed by atoms with E-state index in [1.54, 1.807) is 11.7 Å². The van der Waals surface area contributed by atoms with Gasteiger partial charge < -0.3 is 10.0 Å². The maximum absolute atomic E-state index is 11.0. The summed E-state index contributed by atoms with van der Waals surface area (Å²) in [5.41, 5.74) is 2.83. The van der Waals surface area contributed by atoms with E-state index in [4.69, 9.17) is 5.11 Å². The fraction of sp³-hybridized carbons (Fsp3) is 0.353. The molecule has 6 heteroatoms. The van der Waals surface area contributed by atoms with Crippen LogP contribution in [0.1, 0.15) is 34.6 Å². The first kappa shape index (κ1) is 14.0. The van der Waals surface area contributed by atoms with Crippen molar-refractivity contribution in [3.8, 4) is 0 Å². The van der Waals surface area contributed by atoms with E-state index in [0.717, 1.165) is 25.9 Å². The van der Waals surface area contributed by atoms with Crippen molar-refractivity contribution in [2.75, 3.05) is 18.0 Å². The van der Waals surface area contributed by atoms with Crippen molar-refractivity contribution in [1.29, 1.82) is 0 Å². The van der Waals surface area contributed by atoms with E-state index in [9.17, 15) is 4.79 Å². The van der Waals surface area contributed by atoms with Gasteiger partial charge in [-0.15, -0.1) is 5.10 Å². The van der Waals surface area contributed by atoms with Crippen LogP contribution in [0.3, 0.4) is 0 Å². The number of carboxylic acids is 1. The Morgan fingerprint density at radius 2 is 2.00 bits per heavy atom. The lowest BCUT2D eigenvalue weighted by Crippen LogP contribution is -2.42. The molecule has 1 aromatic heterocycles. The zero-order valence-corrected chi connectivity index (χ0v) is 12.9. The monoisotopic (exact) mass is 310 g/mol. The number of anilines is 1. The van der Waals surface area contributed by atoms with Crippen molar-refractivity contribution in [2.24, 2.45) is 7.05 Å². The second-order valence-corrected chi connectivity index (χ2v) is 6.23. The van der Waals surface area contributed by atoms with E-state index in [2.05, 4.69) is 51.4 Å². The molecule has 0 unspecified atom stereocenters. The van der Waals surface area contributed by atoms with E-state index in [0.29, 0.717) is 5.95 Å². The number of hydrogen-bond donors (Lipinski definition) is 1. The zero-order chi connectivity index (χ0) is 16.0. The van der Waals surface area contributed by atoms with Gasteiger partial charge in [-0.25, -0.2) is 9.48 Å². The van der Waals surface area contributed by atoms with E-state index in [-0.39, 0.29) is 11.2 Å². The molecule has 4 rings (SSSR count). The number of aryl methyl sites for hydroxylation is 1. The van der Waals surface area contributed by atoms with Crippen LogP contribution >= 0.6 is 0 Å². The summed E-state index contributed by atoms with van der Waals surface area (Å²) in [5.74, 6) is -0.602. The molecule has 1 aromatic carbocycles. The Morgan fingerprint density at radius 3 is 2.70 bits per heavy atom. The minimum atomic E-state index is -1.09. The van der Waals surface area contributed by atoms with Crippen LogP contribution in [0.15, 0.2) is 30.3 Å².